The first-order valence-corrected chi connectivity index (χ1v) is 6.33. The largest absolute Gasteiger partial charge is 0.399 e. The summed E-state index contributed by atoms with van der Waals surface area (Å²) in [5.41, 5.74) is 6.11. The van der Waals surface area contributed by atoms with Crippen molar-refractivity contribution in [3.63, 3.8) is 0 Å². The molecule has 96 valence electrons. The van der Waals surface area contributed by atoms with Crippen LogP contribution in [0.15, 0.2) is 23.1 Å². The highest BCUT2D eigenvalue weighted by atomic mass is 32.2. The van der Waals surface area contributed by atoms with Gasteiger partial charge in [0.25, 0.3) is 0 Å². The van der Waals surface area contributed by atoms with Gasteiger partial charge in [0, 0.05) is 11.4 Å². The van der Waals surface area contributed by atoms with Crippen molar-refractivity contribution in [1.82, 2.24) is 0 Å². The summed E-state index contributed by atoms with van der Waals surface area (Å²) in [6.45, 7) is -0.591. The fourth-order valence-electron chi connectivity index (χ4n) is 1.25. The molecule has 0 atom stereocenters. The van der Waals surface area contributed by atoms with Gasteiger partial charge in [-0.15, -0.1) is 0 Å². The summed E-state index contributed by atoms with van der Waals surface area (Å²) in [6.07, 6.45) is 0. The maximum atomic E-state index is 11.2. The van der Waals surface area contributed by atoms with E-state index < -0.39 is 16.1 Å². The smallest absolute Gasteiger partial charge is 0.238 e. The van der Waals surface area contributed by atoms with E-state index in [0.29, 0.717) is 5.69 Å². The first kappa shape index (κ1) is 13.7. The molecule has 7 N–H and O–H groups in total. The van der Waals surface area contributed by atoms with Crippen LogP contribution in [0, 0.1) is 0 Å². The Hall–Kier alpha value is -1.35. The summed E-state index contributed by atoms with van der Waals surface area (Å²) in [5.74, 6) is 0. The second-order valence-corrected chi connectivity index (χ2v) is 5.10. The number of aliphatic hydroxyl groups is 2. The zero-order chi connectivity index (χ0) is 13.1. The molecular weight excluding hydrogens is 246 g/mol. The molecule has 7 nitrogen and oxygen atoms in total. The normalized spacial score (nSPS) is 11.8. The van der Waals surface area contributed by atoms with Gasteiger partial charge in [-0.25, -0.2) is 13.6 Å². The van der Waals surface area contributed by atoms with Gasteiger partial charge in [0.15, 0.2) is 0 Å². The van der Waals surface area contributed by atoms with E-state index in [9.17, 15) is 8.42 Å². The molecule has 0 unspecified atom stereocenters. The molecule has 17 heavy (non-hydrogen) atoms. The second kappa shape index (κ2) is 5.32. The average Bonchev–Trinajstić information content (AvgIpc) is 2.24. The number of primary sulfonamides is 1. The molecule has 0 aliphatic rings. The zero-order valence-electron chi connectivity index (χ0n) is 9.00. The van der Waals surface area contributed by atoms with Crippen molar-refractivity contribution in [3.05, 3.63) is 18.2 Å². The lowest BCUT2D eigenvalue weighted by Gasteiger charge is -2.15. The summed E-state index contributed by atoms with van der Waals surface area (Å²) < 4.78 is 22.3. The summed E-state index contributed by atoms with van der Waals surface area (Å²) in [7, 11) is -3.84. The van der Waals surface area contributed by atoms with Crippen LogP contribution in [0.1, 0.15) is 0 Å². The Kier molecular flexibility index (Phi) is 4.29. The highest BCUT2D eigenvalue weighted by Gasteiger charge is 2.12. The molecule has 1 rings (SSSR count). The topological polar surface area (TPSA) is 139 Å². The molecule has 0 heterocycles. The third kappa shape index (κ3) is 3.86. The predicted octanol–water partition coefficient (Wildman–Crippen LogP) is -1.32. The van der Waals surface area contributed by atoms with Gasteiger partial charge in [-0.2, -0.15) is 0 Å². The number of aliphatic hydroxyl groups excluding tert-OH is 2. The van der Waals surface area contributed by atoms with Crippen molar-refractivity contribution < 1.29 is 18.6 Å². The zero-order valence-corrected chi connectivity index (χ0v) is 9.81. The quantitative estimate of drug-likeness (QED) is 0.417. The summed E-state index contributed by atoms with van der Waals surface area (Å²) >= 11 is 0. The maximum absolute atomic E-state index is 11.2. The Labute approximate surface area is 99.1 Å². The van der Waals surface area contributed by atoms with Crippen LogP contribution in [0.25, 0.3) is 0 Å². The van der Waals surface area contributed by atoms with E-state index in [1.54, 1.807) is 0 Å². The molecular formula is C9H15N3O4S. The number of hydrogen-bond acceptors (Lipinski definition) is 6. The molecule has 0 radical (unpaired) electrons. The summed E-state index contributed by atoms with van der Waals surface area (Å²) in [5, 5.41) is 25.5. The fraction of sp³-hybridized carbons (Fsp3) is 0.333. The van der Waals surface area contributed by atoms with Gasteiger partial charge in [-0.05, 0) is 18.2 Å². The number of sulfonamides is 1. The van der Waals surface area contributed by atoms with E-state index in [1.165, 1.54) is 18.2 Å². The highest BCUT2D eigenvalue weighted by molar-refractivity contribution is 7.89. The minimum atomic E-state index is -3.84. The standard InChI is InChI=1S/C9H15N3O4S/c10-6-1-7(12-8(4-13)5-14)3-9(2-6)17(11,15)16/h1-3,8,12-14H,4-5,10H2,(H2,11,15,16). The number of hydrogen-bond donors (Lipinski definition) is 5. The van der Waals surface area contributed by atoms with Gasteiger partial charge in [-0.1, -0.05) is 0 Å². The van der Waals surface area contributed by atoms with Crippen LogP contribution in [0.5, 0.6) is 0 Å². The van der Waals surface area contributed by atoms with Crippen LogP contribution in [0.2, 0.25) is 0 Å². The SMILES string of the molecule is Nc1cc(NC(CO)CO)cc(S(N)(=O)=O)c1. The van der Waals surface area contributed by atoms with Gasteiger partial charge in [0.2, 0.25) is 10.0 Å². The van der Waals surface area contributed by atoms with E-state index in [0.717, 1.165) is 0 Å². The number of nitrogen functional groups attached to an aromatic ring is 1. The van der Waals surface area contributed by atoms with E-state index >= 15 is 0 Å². The van der Waals surface area contributed by atoms with Crippen LogP contribution in [-0.4, -0.2) is 37.9 Å². The lowest BCUT2D eigenvalue weighted by Crippen LogP contribution is -2.27. The molecule has 0 saturated carbocycles. The van der Waals surface area contributed by atoms with Crippen LogP contribution >= 0.6 is 0 Å². The molecule has 1 aromatic rings. The maximum Gasteiger partial charge on any atom is 0.238 e. The molecule has 0 saturated heterocycles. The van der Waals surface area contributed by atoms with Crippen LogP contribution in [0.4, 0.5) is 11.4 Å². The van der Waals surface area contributed by atoms with Crippen molar-refractivity contribution in [1.29, 1.82) is 0 Å². The predicted molar refractivity (Wildman–Crippen MR) is 63.8 cm³/mol. The van der Waals surface area contributed by atoms with Crippen molar-refractivity contribution in [2.75, 3.05) is 24.3 Å². The van der Waals surface area contributed by atoms with Gasteiger partial charge in [0.05, 0.1) is 24.2 Å². The van der Waals surface area contributed by atoms with Gasteiger partial charge < -0.3 is 21.3 Å². The fourth-order valence-corrected chi connectivity index (χ4v) is 1.85. The molecule has 1 aromatic carbocycles. The van der Waals surface area contributed by atoms with E-state index in [2.05, 4.69) is 5.32 Å². The first-order chi connectivity index (χ1) is 7.86. The van der Waals surface area contributed by atoms with E-state index in [1.807, 2.05) is 0 Å². The molecule has 0 aliphatic heterocycles. The number of benzene rings is 1. The number of rotatable bonds is 5. The molecule has 0 aliphatic carbocycles. The van der Waals surface area contributed by atoms with Crippen LogP contribution in [-0.2, 0) is 10.0 Å². The van der Waals surface area contributed by atoms with E-state index in [4.69, 9.17) is 21.1 Å². The Morgan fingerprint density at radius 1 is 1.24 bits per heavy atom. The molecule has 0 fully saturated rings. The van der Waals surface area contributed by atoms with Crippen molar-refractivity contribution in [2.24, 2.45) is 5.14 Å². The Bertz CT molecular complexity index is 485. The first-order valence-electron chi connectivity index (χ1n) is 4.78. The highest BCUT2D eigenvalue weighted by Crippen LogP contribution is 2.20. The van der Waals surface area contributed by atoms with Gasteiger partial charge in [0.1, 0.15) is 0 Å². The minimum absolute atomic E-state index is 0.130. The Balaban J connectivity index is 3.06. The summed E-state index contributed by atoms with van der Waals surface area (Å²) in [6, 6.07) is 3.40. The third-order valence-corrected chi connectivity index (χ3v) is 2.96. The monoisotopic (exact) mass is 261 g/mol. The number of nitrogens with two attached hydrogens (primary N) is 2. The Morgan fingerprint density at radius 2 is 1.82 bits per heavy atom. The molecule has 0 spiro atoms. The number of nitrogens with one attached hydrogen (secondary N) is 1. The van der Waals surface area contributed by atoms with Gasteiger partial charge >= 0.3 is 0 Å². The van der Waals surface area contributed by atoms with E-state index in [-0.39, 0.29) is 23.8 Å². The van der Waals surface area contributed by atoms with Crippen LogP contribution < -0.4 is 16.2 Å². The van der Waals surface area contributed by atoms with Crippen molar-refractivity contribution in [3.8, 4) is 0 Å². The molecule has 0 bridgehead atoms. The summed E-state index contributed by atoms with van der Waals surface area (Å²) in [4.78, 5) is -0.130. The van der Waals surface area contributed by atoms with Crippen molar-refractivity contribution in [2.45, 2.75) is 10.9 Å². The molecule has 0 amide bonds. The minimum Gasteiger partial charge on any atom is -0.399 e. The number of anilines is 2. The third-order valence-electron chi connectivity index (χ3n) is 2.07. The molecule has 8 heteroatoms. The van der Waals surface area contributed by atoms with Crippen LogP contribution in [0.3, 0.4) is 0 Å². The Morgan fingerprint density at radius 3 is 2.29 bits per heavy atom. The lowest BCUT2D eigenvalue weighted by atomic mass is 10.2. The second-order valence-electron chi connectivity index (χ2n) is 3.54. The van der Waals surface area contributed by atoms with Crippen molar-refractivity contribution >= 4 is 21.4 Å². The van der Waals surface area contributed by atoms with Gasteiger partial charge in [-0.3, -0.25) is 0 Å². The molecule has 0 aromatic heterocycles. The lowest BCUT2D eigenvalue weighted by molar-refractivity contribution is 0.204. The average molecular weight is 261 g/mol.